The number of morpholine rings is 1. The van der Waals surface area contributed by atoms with Gasteiger partial charge in [0.15, 0.2) is 18.2 Å². The van der Waals surface area contributed by atoms with Gasteiger partial charge in [-0.25, -0.2) is 24.4 Å². The van der Waals surface area contributed by atoms with E-state index in [0.29, 0.717) is 18.9 Å². The molecule has 1 aromatic heterocycles. The molecule has 4 heterocycles. The van der Waals surface area contributed by atoms with Gasteiger partial charge >= 0.3 is 0 Å². The number of rotatable bonds is 5. The summed E-state index contributed by atoms with van der Waals surface area (Å²) in [6.45, 7) is 7.97. The molecule has 3 unspecified atom stereocenters. The molecule has 2 aromatic rings. The van der Waals surface area contributed by atoms with Gasteiger partial charge in [0, 0.05) is 77.0 Å². The van der Waals surface area contributed by atoms with Crippen LogP contribution < -0.4 is 10.6 Å². The zero-order chi connectivity index (χ0) is 23.5. The third kappa shape index (κ3) is 5.07. The van der Waals surface area contributed by atoms with Gasteiger partial charge in [-0.05, 0) is 30.8 Å². The van der Waals surface area contributed by atoms with Crippen LogP contribution in [0.5, 0.6) is 0 Å². The lowest BCUT2D eigenvalue weighted by Gasteiger charge is -2.50. The SMILES string of the molecule is CN1CCN(C2CN(N3CCN(c4ccc(CN)cc4)CC3)C(F)C(c3ncccn3)O2)CC1. The van der Waals surface area contributed by atoms with Gasteiger partial charge < -0.3 is 20.3 Å². The topological polar surface area (TPSA) is 77.2 Å². The highest BCUT2D eigenvalue weighted by atomic mass is 19.1. The molecule has 1 aromatic carbocycles. The summed E-state index contributed by atoms with van der Waals surface area (Å²) in [4.78, 5) is 15.6. The number of likely N-dealkylation sites (N-methyl/N-ethyl adjacent to an activating group) is 1. The molecule has 0 saturated carbocycles. The van der Waals surface area contributed by atoms with Crippen LogP contribution in [0.4, 0.5) is 10.1 Å². The summed E-state index contributed by atoms with van der Waals surface area (Å²) in [7, 11) is 2.13. The number of aromatic nitrogens is 2. The number of hydrogen-bond donors (Lipinski definition) is 1. The van der Waals surface area contributed by atoms with Gasteiger partial charge in [-0.15, -0.1) is 0 Å². The Labute approximate surface area is 200 Å². The second-order valence-electron chi connectivity index (χ2n) is 9.26. The molecule has 3 fully saturated rings. The molecule has 34 heavy (non-hydrogen) atoms. The van der Waals surface area contributed by atoms with Gasteiger partial charge in [0.2, 0.25) is 0 Å². The zero-order valence-electron chi connectivity index (χ0n) is 19.8. The van der Waals surface area contributed by atoms with Gasteiger partial charge in [0.1, 0.15) is 6.23 Å². The monoisotopic (exact) mass is 470 g/mol. The number of hydrazine groups is 1. The van der Waals surface area contributed by atoms with E-state index in [1.807, 2.05) is 5.01 Å². The molecule has 0 bridgehead atoms. The van der Waals surface area contributed by atoms with Gasteiger partial charge in [0.05, 0.1) is 6.54 Å². The highest BCUT2D eigenvalue weighted by Gasteiger charge is 2.44. The summed E-state index contributed by atoms with van der Waals surface area (Å²) in [5.41, 5.74) is 8.04. The molecular formula is C24H35FN8O. The van der Waals surface area contributed by atoms with E-state index in [2.05, 4.69) is 61.0 Å². The summed E-state index contributed by atoms with van der Waals surface area (Å²) in [5.74, 6) is 0.400. The van der Waals surface area contributed by atoms with Crippen LogP contribution in [0.15, 0.2) is 42.7 Å². The van der Waals surface area contributed by atoms with Crippen LogP contribution in [0.3, 0.4) is 0 Å². The van der Waals surface area contributed by atoms with E-state index in [4.69, 9.17) is 10.5 Å². The molecular weight excluding hydrogens is 435 g/mol. The van der Waals surface area contributed by atoms with E-state index in [1.54, 1.807) is 18.5 Å². The second kappa shape index (κ2) is 10.6. The highest BCUT2D eigenvalue weighted by molar-refractivity contribution is 5.48. The van der Waals surface area contributed by atoms with Crippen molar-refractivity contribution in [1.82, 2.24) is 29.8 Å². The Balaban J connectivity index is 1.29. The molecule has 0 spiro atoms. The number of piperazine rings is 2. The molecule has 0 radical (unpaired) electrons. The van der Waals surface area contributed by atoms with Gasteiger partial charge in [-0.1, -0.05) is 12.1 Å². The van der Waals surface area contributed by atoms with E-state index in [1.165, 1.54) is 5.69 Å². The lowest BCUT2D eigenvalue weighted by molar-refractivity contribution is -0.264. The molecule has 0 amide bonds. The third-order valence-electron chi connectivity index (χ3n) is 7.12. The summed E-state index contributed by atoms with van der Waals surface area (Å²) in [6, 6.07) is 10.1. The quantitative estimate of drug-likeness (QED) is 0.642. The van der Waals surface area contributed by atoms with E-state index < -0.39 is 12.4 Å². The number of alkyl halides is 1. The van der Waals surface area contributed by atoms with Crippen LogP contribution in [0.1, 0.15) is 17.5 Å². The van der Waals surface area contributed by atoms with Crippen molar-refractivity contribution in [1.29, 1.82) is 0 Å². The lowest BCUT2D eigenvalue weighted by atomic mass is 10.2. The van der Waals surface area contributed by atoms with Crippen LogP contribution in [0, 0.1) is 0 Å². The zero-order valence-corrected chi connectivity index (χ0v) is 19.8. The largest absolute Gasteiger partial charge is 0.369 e. The first-order valence-corrected chi connectivity index (χ1v) is 12.2. The molecule has 5 rings (SSSR count). The van der Waals surface area contributed by atoms with E-state index >= 15 is 4.39 Å². The van der Waals surface area contributed by atoms with Crippen LogP contribution >= 0.6 is 0 Å². The molecule has 3 aliphatic rings. The van der Waals surface area contributed by atoms with Crippen LogP contribution in [0.2, 0.25) is 0 Å². The Bertz CT molecular complexity index is 903. The molecule has 3 aliphatic heterocycles. The van der Waals surface area contributed by atoms with Gasteiger partial charge in [-0.2, -0.15) is 0 Å². The number of benzene rings is 1. The van der Waals surface area contributed by atoms with Crippen LogP contribution in [0.25, 0.3) is 0 Å². The average Bonchev–Trinajstić information content (AvgIpc) is 2.90. The molecule has 184 valence electrons. The molecule has 3 saturated heterocycles. The van der Waals surface area contributed by atoms with Crippen molar-refractivity contribution in [3.63, 3.8) is 0 Å². The molecule has 9 nitrogen and oxygen atoms in total. The van der Waals surface area contributed by atoms with Crippen molar-refractivity contribution in [3.05, 3.63) is 54.1 Å². The fourth-order valence-electron chi connectivity index (χ4n) is 4.97. The fraction of sp³-hybridized carbons (Fsp3) is 0.583. The van der Waals surface area contributed by atoms with Crippen LogP contribution in [-0.2, 0) is 11.3 Å². The third-order valence-corrected chi connectivity index (χ3v) is 7.12. The number of halogens is 1. The maximum absolute atomic E-state index is 15.9. The Morgan fingerprint density at radius 1 is 0.971 bits per heavy atom. The second-order valence-corrected chi connectivity index (χ2v) is 9.26. The summed E-state index contributed by atoms with van der Waals surface area (Å²) < 4.78 is 22.2. The van der Waals surface area contributed by atoms with Gasteiger partial charge in [0.25, 0.3) is 0 Å². The molecule has 0 aliphatic carbocycles. The Hall–Kier alpha value is -2.21. The normalized spacial score (nSPS) is 28.3. The van der Waals surface area contributed by atoms with Gasteiger partial charge in [-0.3, -0.25) is 4.90 Å². The lowest BCUT2D eigenvalue weighted by Crippen LogP contribution is -2.65. The van der Waals surface area contributed by atoms with Crippen molar-refractivity contribution in [2.45, 2.75) is 25.2 Å². The van der Waals surface area contributed by atoms with Crippen molar-refractivity contribution in [2.75, 3.05) is 70.9 Å². The van der Waals surface area contributed by atoms with Crippen molar-refractivity contribution >= 4 is 5.69 Å². The first kappa shape index (κ1) is 23.5. The minimum atomic E-state index is -1.33. The first-order valence-electron chi connectivity index (χ1n) is 12.2. The summed E-state index contributed by atoms with van der Waals surface area (Å²) >= 11 is 0. The van der Waals surface area contributed by atoms with Crippen LogP contribution in [-0.4, -0.2) is 108 Å². The Kier molecular flexibility index (Phi) is 7.33. The maximum Gasteiger partial charge on any atom is 0.200 e. The molecule has 2 N–H and O–H groups in total. The number of nitrogens with two attached hydrogens (primary N) is 1. The standard InChI is InChI=1S/C24H35FN8O/c1-29-9-11-31(12-10-29)21-18-33(23(25)22(34-21)24-27-7-2-8-28-24)32-15-13-30(14-16-32)20-5-3-19(17-26)4-6-20/h2-8,21-23H,9-18,26H2,1H3. The predicted molar refractivity (Wildman–Crippen MR) is 128 cm³/mol. The average molecular weight is 471 g/mol. The number of anilines is 1. The Morgan fingerprint density at radius 2 is 1.65 bits per heavy atom. The Morgan fingerprint density at radius 3 is 2.29 bits per heavy atom. The maximum atomic E-state index is 15.9. The smallest absolute Gasteiger partial charge is 0.200 e. The van der Waals surface area contributed by atoms with E-state index in [9.17, 15) is 0 Å². The minimum absolute atomic E-state index is 0.198. The summed E-state index contributed by atoms with van der Waals surface area (Å²) in [6.07, 6.45) is 0.952. The molecule has 10 heteroatoms. The highest BCUT2D eigenvalue weighted by Crippen LogP contribution is 2.33. The number of hydrogen-bond acceptors (Lipinski definition) is 9. The minimum Gasteiger partial charge on any atom is -0.369 e. The summed E-state index contributed by atoms with van der Waals surface area (Å²) in [5, 5.41) is 4.01. The van der Waals surface area contributed by atoms with E-state index in [-0.39, 0.29) is 6.23 Å². The molecule has 3 atom stereocenters. The van der Waals surface area contributed by atoms with Crippen molar-refractivity contribution in [2.24, 2.45) is 5.73 Å². The van der Waals surface area contributed by atoms with Crippen molar-refractivity contribution in [3.8, 4) is 0 Å². The first-order chi connectivity index (χ1) is 16.6. The number of nitrogens with zero attached hydrogens (tertiary/aromatic N) is 7. The van der Waals surface area contributed by atoms with E-state index in [0.717, 1.165) is 57.9 Å². The number of ether oxygens (including phenoxy) is 1. The fourth-order valence-corrected chi connectivity index (χ4v) is 4.97. The predicted octanol–water partition coefficient (Wildman–Crippen LogP) is 0.915. The van der Waals surface area contributed by atoms with Crippen molar-refractivity contribution < 1.29 is 9.13 Å².